The van der Waals surface area contributed by atoms with Gasteiger partial charge in [-0.1, -0.05) is 31.9 Å². The summed E-state index contributed by atoms with van der Waals surface area (Å²) in [5.41, 5.74) is -0.465. The van der Waals surface area contributed by atoms with Crippen LogP contribution in [0, 0.1) is 5.92 Å². The van der Waals surface area contributed by atoms with E-state index in [9.17, 15) is 4.79 Å². The molecule has 12 heavy (non-hydrogen) atoms. The molecule has 2 unspecified atom stereocenters. The summed E-state index contributed by atoms with van der Waals surface area (Å²) < 4.78 is 0. The average Bonchev–Trinajstić information content (AvgIpc) is 1.86. The maximum Gasteiger partial charge on any atom is 0.405 e. The van der Waals surface area contributed by atoms with Crippen molar-refractivity contribution < 1.29 is 9.90 Å². The predicted molar refractivity (Wildman–Crippen MR) is 52.1 cm³/mol. The minimum Gasteiger partial charge on any atom is -0.465 e. The minimum atomic E-state index is -1.06. The Morgan fingerprint density at radius 1 is 1.67 bits per heavy atom. The molecule has 1 amide bonds. The lowest BCUT2D eigenvalue weighted by atomic mass is 10.1. The first kappa shape index (κ1) is 14.4. The van der Waals surface area contributed by atoms with Crippen LogP contribution in [-0.2, 0) is 0 Å². The summed E-state index contributed by atoms with van der Waals surface area (Å²) in [5, 5.41) is 10.5. The van der Waals surface area contributed by atoms with Gasteiger partial charge in [0.25, 0.3) is 0 Å². The fourth-order valence-electron chi connectivity index (χ4n) is 0.862. The molecule has 2 N–H and O–H groups in total. The van der Waals surface area contributed by atoms with Crippen molar-refractivity contribution in [3.63, 3.8) is 0 Å². The maximum absolute atomic E-state index is 10.1. The van der Waals surface area contributed by atoms with Gasteiger partial charge in [0.05, 0.1) is 0 Å². The van der Waals surface area contributed by atoms with Crippen LogP contribution in [0.5, 0.6) is 0 Å². The first-order chi connectivity index (χ1) is 5.07. The summed E-state index contributed by atoms with van der Waals surface area (Å²) >= 11 is 5.71. The summed E-state index contributed by atoms with van der Waals surface area (Å²) in [6.07, 6.45) is 0.896. The summed E-state index contributed by atoms with van der Waals surface area (Å²) in [5.74, 6) is 0.192. The van der Waals surface area contributed by atoms with E-state index in [1.54, 1.807) is 0 Å². The molecule has 0 aliphatic rings. The van der Waals surface area contributed by atoms with Crippen LogP contribution in [0.2, 0.25) is 0 Å². The number of carboxylic acid groups (broad SMARTS) is 1. The van der Waals surface area contributed by atoms with Crippen LogP contribution in [-0.4, -0.2) is 16.7 Å². The van der Waals surface area contributed by atoms with Gasteiger partial charge >= 0.3 is 6.09 Å². The zero-order valence-electron chi connectivity index (χ0n) is 7.21. The van der Waals surface area contributed by atoms with E-state index in [0.717, 1.165) is 12.8 Å². The average molecular weight is 216 g/mol. The van der Waals surface area contributed by atoms with Gasteiger partial charge in [-0.3, -0.25) is 0 Å². The fourth-order valence-corrected chi connectivity index (χ4v) is 1.08. The number of hydrogen-bond acceptors (Lipinski definition) is 1. The Kier molecular flexibility index (Phi) is 8.98. The van der Waals surface area contributed by atoms with Crippen molar-refractivity contribution in [2.24, 2.45) is 5.92 Å². The zero-order chi connectivity index (χ0) is 8.85. The largest absolute Gasteiger partial charge is 0.465 e. The Labute approximate surface area is 83.9 Å². The zero-order valence-corrected chi connectivity index (χ0v) is 8.78. The number of nitrogens with one attached hydrogen (secondary N) is 1. The predicted octanol–water partition coefficient (Wildman–Crippen LogP) is 2.68. The topological polar surface area (TPSA) is 49.3 Å². The molecule has 0 aromatic carbocycles. The standard InChI is InChI=1S/C7H14ClNO2.ClH/c1-3-4-5(2)6(8)9-7(10)11;/h5-6,9H,3-4H2,1-2H3,(H,10,11);1H. The molecule has 74 valence electrons. The monoisotopic (exact) mass is 215 g/mol. The molecule has 0 radical (unpaired) electrons. The molecule has 0 aliphatic heterocycles. The Morgan fingerprint density at radius 3 is 2.50 bits per heavy atom. The Hall–Kier alpha value is -0.150. The van der Waals surface area contributed by atoms with Gasteiger partial charge in [-0.15, -0.1) is 12.4 Å². The van der Waals surface area contributed by atoms with Crippen molar-refractivity contribution in [3.05, 3.63) is 0 Å². The molecule has 0 fully saturated rings. The highest BCUT2D eigenvalue weighted by Gasteiger charge is 2.14. The van der Waals surface area contributed by atoms with Gasteiger partial charge in [-0.25, -0.2) is 4.79 Å². The number of alkyl halides is 1. The minimum absolute atomic E-state index is 0. The normalized spacial score (nSPS) is 14.2. The van der Waals surface area contributed by atoms with Crippen LogP contribution in [0.3, 0.4) is 0 Å². The van der Waals surface area contributed by atoms with Crippen molar-refractivity contribution in [2.75, 3.05) is 0 Å². The SMILES string of the molecule is CCCC(C)C(Cl)NC(=O)O.Cl. The van der Waals surface area contributed by atoms with E-state index in [-0.39, 0.29) is 18.3 Å². The van der Waals surface area contributed by atoms with E-state index < -0.39 is 11.6 Å². The summed E-state index contributed by atoms with van der Waals surface area (Å²) in [6, 6.07) is 0. The molecule has 0 aromatic heterocycles. The van der Waals surface area contributed by atoms with Crippen LogP contribution in [0.15, 0.2) is 0 Å². The first-order valence-electron chi connectivity index (χ1n) is 3.71. The van der Waals surface area contributed by atoms with E-state index in [4.69, 9.17) is 16.7 Å². The van der Waals surface area contributed by atoms with Gasteiger partial charge in [0.1, 0.15) is 5.50 Å². The smallest absolute Gasteiger partial charge is 0.405 e. The van der Waals surface area contributed by atoms with Crippen LogP contribution >= 0.6 is 24.0 Å². The van der Waals surface area contributed by atoms with Crippen LogP contribution in [0.25, 0.3) is 0 Å². The molecule has 0 heterocycles. The van der Waals surface area contributed by atoms with E-state index in [0.29, 0.717) is 0 Å². The molecule has 5 heteroatoms. The molecule has 0 spiro atoms. The second-order valence-electron chi connectivity index (χ2n) is 2.62. The van der Waals surface area contributed by atoms with Gasteiger partial charge in [-0.2, -0.15) is 0 Å². The van der Waals surface area contributed by atoms with E-state index in [1.807, 2.05) is 13.8 Å². The van der Waals surface area contributed by atoms with E-state index in [2.05, 4.69) is 5.32 Å². The number of halogens is 2. The number of carbonyl (C=O) groups is 1. The van der Waals surface area contributed by atoms with Crippen molar-refractivity contribution in [1.29, 1.82) is 0 Å². The molecule has 3 nitrogen and oxygen atoms in total. The lowest BCUT2D eigenvalue weighted by Gasteiger charge is -2.16. The van der Waals surface area contributed by atoms with Crippen molar-refractivity contribution >= 4 is 30.1 Å². The van der Waals surface area contributed by atoms with Crippen molar-refractivity contribution in [3.8, 4) is 0 Å². The van der Waals surface area contributed by atoms with Gasteiger partial charge in [0.15, 0.2) is 0 Å². The molecular weight excluding hydrogens is 201 g/mol. The van der Waals surface area contributed by atoms with E-state index in [1.165, 1.54) is 0 Å². The molecular formula is C7H15Cl2NO2. The second-order valence-corrected chi connectivity index (χ2v) is 3.09. The first-order valence-corrected chi connectivity index (χ1v) is 4.15. The van der Waals surface area contributed by atoms with Crippen LogP contribution < -0.4 is 5.32 Å². The molecule has 0 saturated heterocycles. The quantitative estimate of drug-likeness (QED) is 0.560. The second kappa shape index (κ2) is 7.50. The fraction of sp³-hybridized carbons (Fsp3) is 0.857. The molecule has 0 aliphatic carbocycles. The van der Waals surface area contributed by atoms with Gasteiger partial charge in [0.2, 0.25) is 0 Å². The highest BCUT2D eigenvalue weighted by Crippen LogP contribution is 2.13. The lowest BCUT2D eigenvalue weighted by Crippen LogP contribution is -2.33. The molecule has 2 atom stereocenters. The Morgan fingerprint density at radius 2 is 2.17 bits per heavy atom. The van der Waals surface area contributed by atoms with Gasteiger partial charge in [0, 0.05) is 0 Å². The summed E-state index contributed by atoms with van der Waals surface area (Å²) in [7, 11) is 0. The van der Waals surface area contributed by atoms with Gasteiger partial charge in [-0.05, 0) is 12.3 Å². The molecule has 0 aromatic rings. The lowest BCUT2D eigenvalue weighted by molar-refractivity contribution is 0.190. The summed E-state index contributed by atoms with van der Waals surface area (Å²) in [6.45, 7) is 3.97. The third kappa shape index (κ3) is 6.55. The summed E-state index contributed by atoms with van der Waals surface area (Å²) in [4.78, 5) is 10.1. The molecule has 0 saturated carbocycles. The highest BCUT2D eigenvalue weighted by atomic mass is 35.5. The molecule has 0 rings (SSSR count). The number of amides is 1. The Bertz CT molecular complexity index is 133. The van der Waals surface area contributed by atoms with Gasteiger partial charge < -0.3 is 10.4 Å². The van der Waals surface area contributed by atoms with Crippen LogP contribution in [0.1, 0.15) is 26.7 Å². The third-order valence-corrected chi connectivity index (χ3v) is 2.04. The Balaban J connectivity index is 0. The highest BCUT2D eigenvalue weighted by molar-refractivity contribution is 6.21. The van der Waals surface area contributed by atoms with Crippen LogP contribution in [0.4, 0.5) is 4.79 Å². The maximum atomic E-state index is 10.1. The number of hydrogen-bond donors (Lipinski definition) is 2. The van der Waals surface area contributed by atoms with Crippen molar-refractivity contribution in [2.45, 2.75) is 32.2 Å². The third-order valence-electron chi connectivity index (χ3n) is 1.50. The van der Waals surface area contributed by atoms with E-state index >= 15 is 0 Å². The molecule has 0 bridgehead atoms. The number of rotatable bonds is 4. The van der Waals surface area contributed by atoms with Crippen molar-refractivity contribution in [1.82, 2.24) is 5.32 Å².